The number of aliphatic hydroxyl groups excluding tert-OH is 1. The second kappa shape index (κ2) is 11.8. The fourth-order valence-corrected chi connectivity index (χ4v) is 2.75. The Morgan fingerprint density at radius 1 is 0.969 bits per heavy atom. The second-order valence-corrected chi connectivity index (χ2v) is 6.50. The number of rotatable bonds is 6. The molecule has 0 saturated heterocycles. The van der Waals surface area contributed by atoms with Crippen molar-refractivity contribution in [3.05, 3.63) is 94.2 Å². The molecule has 1 unspecified atom stereocenters. The van der Waals surface area contributed by atoms with E-state index in [0.29, 0.717) is 16.1 Å². The van der Waals surface area contributed by atoms with Gasteiger partial charge in [0.2, 0.25) is 0 Å². The van der Waals surface area contributed by atoms with Gasteiger partial charge in [-0.1, -0.05) is 42.5 Å². The fourth-order valence-electron chi connectivity index (χ4n) is 2.75. The third kappa shape index (κ3) is 6.61. The van der Waals surface area contributed by atoms with Gasteiger partial charge >= 0.3 is 0 Å². The van der Waals surface area contributed by atoms with Crippen LogP contribution in [0.5, 0.6) is 17.2 Å². The number of hydroxylamine groups is 1. The highest BCUT2D eigenvalue weighted by atomic mass is 16.5. The van der Waals surface area contributed by atoms with Crippen LogP contribution in [0.15, 0.2) is 71.9 Å². The van der Waals surface area contributed by atoms with Crippen LogP contribution in [0.2, 0.25) is 0 Å². The number of phenols is 2. The summed E-state index contributed by atoms with van der Waals surface area (Å²) in [5.74, 6) is 0.344. The summed E-state index contributed by atoms with van der Waals surface area (Å²) in [7, 11) is 1.48. The van der Waals surface area contributed by atoms with E-state index in [2.05, 4.69) is 11.9 Å². The van der Waals surface area contributed by atoms with Gasteiger partial charge < -0.3 is 30.5 Å². The van der Waals surface area contributed by atoms with Gasteiger partial charge in [0.1, 0.15) is 5.75 Å². The zero-order valence-corrected chi connectivity index (χ0v) is 17.4. The Hall–Kier alpha value is -4.30. The van der Waals surface area contributed by atoms with Gasteiger partial charge in [-0.15, -0.1) is 5.16 Å². The number of hydrogen-bond acceptors (Lipinski definition) is 7. The van der Waals surface area contributed by atoms with Crippen LogP contribution < -0.4 is 4.74 Å². The Kier molecular flexibility index (Phi) is 8.82. The van der Waals surface area contributed by atoms with Crippen LogP contribution in [0, 0.1) is 5.21 Å². The molecule has 0 fully saturated rings. The van der Waals surface area contributed by atoms with Gasteiger partial charge in [0.05, 0.1) is 18.2 Å². The molecule has 8 nitrogen and oxygen atoms in total. The molecule has 0 bridgehead atoms. The minimum Gasteiger partial charge on any atom is -0.622 e. The Balaban J connectivity index is 0.00000114. The molecule has 0 spiro atoms. The van der Waals surface area contributed by atoms with E-state index in [9.17, 15) is 20.5 Å². The molecule has 0 aliphatic heterocycles. The molecule has 0 heterocycles. The van der Waals surface area contributed by atoms with Gasteiger partial charge in [-0.3, -0.25) is 0 Å². The number of ether oxygens (including phenoxy) is 1. The standard InChI is InChI=1S/C23H21NO5.CH3NO/c1-29-22-14-17(10-12-21(22)26)8-7-16-9-11-20(25)19(13-16)15-24(28)23(27)18-5-3-2-4-6-18;1-2-3/h2-15,23,25-27H,1H3;3H,1H2. The van der Waals surface area contributed by atoms with Crippen LogP contribution in [-0.4, -0.2) is 45.3 Å². The summed E-state index contributed by atoms with van der Waals surface area (Å²) < 4.78 is 5.48. The zero-order chi connectivity index (χ0) is 23.5. The van der Waals surface area contributed by atoms with Crippen molar-refractivity contribution in [1.29, 1.82) is 0 Å². The number of nitrogens with zero attached hydrogens (tertiary/aromatic N) is 2. The molecule has 4 N–H and O–H groups in total. The topological polar surface area (TPSA) is 129 Å². The molecule has 0 radical (unpaired) electrons. The SMILES string of the molecule is C=NO.COc1cc(C=Cc2ccc(O)c(C=[N+]([O-])C(O)c3ccccc3)c2)ccc1O. The number of oxime groups is 1. The third-order valence-corrected chi connectivity index (χ3v) is 4.33. The average Bonchev–Trinajstić information content (AvgIpc) is 2.81. The normalized spacial score (nSPS) is 12.0. The van der Waals surface area contributed by atoms with E-state index in [-0.39, 0.29) is 17.1 Å². The minimum atomic E-state index is -1.38. The van der Waals surface area contributed by atoms with Gasteiger partial charge in [0, 0.05) is 6.72 Å². The lowest BCUT2D eigenvalue weighted by Gasteiger charge is -2.12. The molecule has 3 aromatic rings. The molecule has 3 aromatic carbocycles. The van der Waals surface area contributed by atoms with Crippen LogP contribution >= 0.6 is 0 Å². The summed E-state index contributed by atoms with van der Waals surface area (Å²) in [6.45, 7) is 2.67. The van der Waals surface area contributed by atoms with Crippen LogP contribution in [0.3, 0.4) is 0 Å². The van der Waals surface area contributed by atoms with E-state index in [1.54, 1.807) is 60.7 Å². The molecular formula is C24H24N2O6. The van der Waals surface area contributed by atoms with E-state index in [4.69, 9.17) is 9.94 Å². The number of aromatic hydroxyl groups is 2. The van der Waals surface area contributed by atoms with Crippen molar-refractivity contribution in [3.8, 4) is 17.2 Å². The first-order valence-electron chi connectivity index (χ1n) is 9.41. The van der Waals surface area contributed by atoms with Crippen LogP contribution in [0.4, 0.5) is 0 Å². The summed E-state index contributed by atoms with van der Waals surface area (Å²) in [6, 6.07) is 18.3. The van der Waals surface area contributed by atoms with Gasteiger partial charge in [-0.05, 0) is 47.5 Å². The number of aliphatic hydroxyl groups is 1. The van der Waals surface area contributed by atoms with Crippen molar-refractivity contribution >= 4 is 25.1 Å². The van der Waals surface area contributed by atoms with Crippen LogP contribution in [0.1, 0.15) is 28.5 Å². The monoisotopic (exact) mass is 436 g/mol. The predicted molar refractivity (Wildman–Crippen MR) is 123 cm³/mol. The first-order chi connectivity index (χ1) is 15.4. The largest absolute Gasteiger partial charge is 0.622 e. The smallest absolute Gasteiger partial charge is 0.292 e. The maximum Gasteiger partial charge on any atom is 0.292 e. The summed E-state index contributed by atoms with van der Waals surface area (Å²) >= 11 is 0. The molecule has 3 rings (SSSR count). The first kappa shape index (κ1) is 24.0. The third-order valence-electron chi connectivity index (χ3n) is 4.33. The van der Waals surface area contributed by atoms with Gasteiger partial charge in [0.15, 0.2) is 17.7 Å². The summed E-state index contributed by atoms with van der Waals surface area (Å²) in [6.07, 6.45) is 3.38. The molecular weight excluding hydrogens is 412 g/mol. The van der Waals surface area contributed by atoms with Gasteiger partial charge in [-0.2, -0.15) is 4.74 Å². The summed E-state index contributed by atoms with van der Waals surface area (Å²) in [4.78, 5) is 0. The van der Waals surface area contributed by atoms with Crippen LogP contribution in [-0.2, 0) is 0 Å². The van der Waals surface area contributed by atoms with Gasteiger partial charge in [-0.25, -0.2) is 0 Å². The second-order valence-electron chi connectivity index (χ2n) is 6.50. The lowest BCUT2D eigenvalue weighted by Crippen LogP contribution is -2.14. The molecule has 0 aliphatic carbocycles. The minimum absolute atomic E-state index is 0.0543. The lowest BCUT2D eigenvalue weighted by atomic mass is 10.1. The molecule has 0 aliphatic rings. The summed E-state index contributed by atoms with van der Waals surface area (Å²) in [5, 5.41) is 51.6. The van der Waals surface area contributed by atoms with Crippen molar-refractivity contribution in [3.63, 3.8) is 0 Å². The lowest BCUT2D eigenvalue weighted by molar-refractivity contribution is -0.555. The highest BCUT2D eigenvalue weighted by molar-refractivity contribution is 5.82. The van der Waals surface area contributed by atoms with E-state index in [1.807, 2.05) is 6.08 Å². The van der Waals surface area contributed by atoms with Crippen molar-refractivity contribution in [2.24, 2.45) is 5.16 Å². The highest BCUT2D eigenvalue weighted by Gasteiger charge is 2.15. The molecule has 0 aromatic heterocycles. The molecule has 0 amide bonds. The van der Waals surface area contributed by atoms with E-state index < -0.39 is 6.23 Å². The van der Waals surface area contributed by atoms with Crippen molar-refractivity contribution in [1.82, 2.24) is 0 Å². The Morgan fingerprint density at radius 2 is 1.53 bits per heavy atom. The number of phenolic OH excluding ortho intramolecular Hbond substituents is 2. The zero-order valence-electron chi connectivity index (χ0n) is 17.4. The van der Waals surface area contributed by atoms with E-state index in [0.717, 1.165) is 17.3 Å². The first-order valence-corrected chi connectivity index (χ1v) is 9.41. The van der Waals surface area contributed by atoms with Crippen molar-refractivity contribution in [2.45, 2.75) is 6.23 Å². The number of benzene rings is 3. The quantitative estimate of drug-likeness (QED) is 0.0880. The predicted octanol–water partition coefficient (Wildman–Crippen LogP) is 3.97. The van der Waals surface area contributed by atoms with Crippen molar-refractivity contribution < 1.29 is 30.0 Å². The number of hydrogen-bond donors (Lipinski definition) is 4. The van der Waals surface area contributed by atoms with E-state index in [1.165, 1.54) is 19.2 Å². The summed E-state index contributed by atoms with van der Waals surface area (Å²) in [5.41, 5.74) is 2.28. The Bertz CT molecular complexity index is 1100. The Labute approximate surface area is 185 Å². The van der Waals surface area contributed by atoms with Gasteiger partial charge in [0.25, 0.3) is 6.23 Å². The number of methoxy groups -OCH3 is 1. The maximum absolute atomic E-state index is 12.3. The molecule has 0 saturated carbocycles. The fraction of sp³-hybridized carbons (Fsp3) is 0.0833. The molecule has 166 valence electrons. The molecule has 8 heteroatoms. The average molecular weight is 436 g/mol. The van der Waals surface area contributed by atoms with E-state index >= 15 is 0 Å². The van der Waals surface area contributed by atoms with Crippen molar-refractivity contribution in [2.75, 3.05) is 7.11 Å². The molecule has 32 heavy (non-hydrogen) atoms. The maximum atomic E-state index is 12.3. The Morgan fingerprint density at radius 3 is 2.12 bits per heavy atom. The van der Waals surface area contributed by atoms with Crippen LogP contribution in [0.25, 0.3) is 12.2 Å². The highest BCUT2D eigenvalue weighted by Crippen LogP contribution is 2.27. The molecule has 1 atom stereocenters.